The molecule has 2 aromatic carbocycles. The van der Waals surface area contributed by atoms with Crippen molar-refractivity contribution in [3.05, 3.63) is 53.6 Å². The number of hydrogen-bond donors (Lipinski definition) is 1. The first-order chi connectivity index (χ1) is 10.6. The van der Waals surface area contributed by atoms with Crippen molar-refractivity contribution >= 4 is 5.69 Å². The Morgan fingerprint density at radius 2 is 1.73 bits per heavy atom. The van der Waals surface area contributed by atoms with Crippen LogP contribution < -0.4 is 14.8 Å². The van der Waals surface area contributed by atoms with E-state index in [2.05, 4.69) is 49.5 Å². The van der Waals surface area contributed by atoms with Crippen molar-refractivity contribution in [3.8, 4) is 11.5 Å². The monoisotopic (exact) mass is 299 g/mol. The Hall–Kier alpha value is -2.16. The average Bonchev–Trinajstić information content (AvgIpc) is 2.54. The summed E-state index contributed by atoms with van der Waals surface area (Å²) in [6.45, 7) is 7.76. The maximum atomic E-state index is 5.54. The summed E-state index contributed by atoms with van der Waals surface area (Å²) in [6.07, 6.45) is 0. The van der Waals surface area contributed by atoms with Gasteiger partial charge in [0.25, 0.3) is 0 Å². The molecule has 0 spiro atoms. The van der Waals surface area contributed by atoms with Gasteiger partial charge < -0.3 is 14.8 Å². The van der Waals surface area contributed by atoms with E-state index in [1.165, 1.54) is 5.56 Å². The molecule has 0 fully saturated rings. The van der Waals surface area contributed by atoms with Crippen molar-refractivity contribution in [2.45, 2.75) is 33.2 Å². The zero-order valence-corrected chi connectivity index (χ0v) is 13.8. The summed E-state index contributed by atoms with van der Waals surface area (Å²) in [7, 11) is 1.67. The molecular formula is C19H25NO2. The first-order valence-corrected chi connectivity index (χ1v) is 7.77. The lowest BCUT2D eigenvalue weighted by molar-refractivity contribution is 0.310. The summed E-state index contributed by atoms with van der Waals surface area (Å²) in [6, 6.07) is 14.6. The number of nitrogens with one attached hydrogen (secondary N) is 1. The summed E-state index contributed by atoms with van der Waals surface area (Å²) in [5.41, 5.74) is 3.64. The van der Waals surface area contributed by atoms with Gasteiger partial charge in [0.2, 0.25) is 0 Å². The summed E-state index contributed by atoms with van der Waals surface area (Å²) in [5.74, 6) is 2.12. The van der Waals surface area contributed by atoms with Gasteiger partial charge in [0.1, 0.15) is 0 Å². The van der Waals surface area contributed by atoms with Crippen LogP contribution >= 0.6 is 0 Å². The van der Waals surface area contributed by atoms with Crippen LogP contribution in [0.1, 0.15) is 37.8 Å². The summed E-state index contributed by atoms with van der Waals surface area (Å²) in [5, 5.41) is 3.43. The highest BCUT2D eigenvalue weighted by molar-refractivity contribution is 5.47. The van der Waals surface area contributed by atoms with Gasteiger partial charge in [0.15, 0.2) is 11.5 Å². The highest BCUT2D eigenvalue weighted by atomic mass is 16.5. The van der Waals surface area contributed by atoms with Crippen LogP contribution in [0.25, 0.3) is 0 Å². The van der Waals surface area contributed by atoms with Crippen LogP contribution in [0.2, 0.25) is 0 Å². The lowest BCUT2D eigenvalue weighted by Crippen LogP contribution is -2.01. The molecule has 118 valence electrons. The van der Waals surface area contributed by atoms with Crippen LogP contribution in [0.5, 0.6) is 11.5 Å². The molecule has 0 aliphatic carbocycles. The van der Waals surface area contributed by atoms with E-state index in [9.17, 15) is 0 Å². The Kier molecular flexibility index (Phi) is 5.70. The van der Waals surface area contributed by atoms with E-state index < -0.39 is 0 Å². The zero-order valence-electron chi connectivity index (χ0n) is 13.8. The minimum absolute atomic E-state index is 0.560. The predicted octanol–water partition coefficient (Wildman–Crippen LogP) is 4.83. The van der Waals surface area contributed by atoms with Crippen LogP contribution in [0.15, 0.2) is 42.5 Å². The predicted molar refractivity (Wildman–Crippen MR) is 92.0 cm³/mol. The Morgan fingerprint density at radius 3 is 2.32 bits per heavy atom. The number of anilines is 1. The van der Waals surface area contributed by atoms with E-state index in [0.717, 1.165) is 29.3 Å². The van der Waals surface area contributed by atoms with Gasteiger partial charge in [0, 0.05) is 12.2 Å². The second-order valence-electron chi connectivity index (χ2n) is 5.55. The largest absolute Gasteiger partial charge is 0.493 e. The Balaban J connectivity index is 2.01. The molecule has 0 bridgehead atoms. The molecule has 3 nitrogen and oxygen atoms in total. The molecule has 0 aromatic heterocycles. The van der Waals surface area contributed by atoms with Crippen molar-refractivity contribution in [1.29, 1.82) is 0 Å². The molecule has 0 atom stereocenters. The third kappa shape index (κ3) is 4.17. The minimum Gasteiger partial charge on any atom is -0.493 e. The van der Waals surface area contributed by atoms with Crippen molar-refractivity contribution in [3.63, 3.8) is 0 Å². The number of benzene rings is 2. The van der Waals surface area contributed by atoms with E-state index in [-0.39, 0.29) is 0 Å². The molecule has 0 heterocycles. The van der Waals surface area contributed by atoms with Crippen LogP contribution in [0, 0.1) is 0 Å². The van der Waals surface area contributed by atoms with Gasteiger partial charge in [-0.1, -0.05) is 32.0 Å². The molecule has 0 aliphatic heterocycles. The van der Waals surface area contributed by atoms with E-state index in [0.29, 0.717) is 12.5 Å². The second-order valence-corrected chi connectivity index (χ2v) is 5.55. The molecule has 3 heteroatoms. The molecule has 0 saturated heterocycles. The van der Waals surface area contributed by atoms with E-state index >= 15 is 0 Å². The minimum atomic E-state index is 0.560. The SMILES string of the molecule is CCOc1ccc(CNc2ccc(C(C)C)cc2)cc1OC. The van der Waals surface area contributed by atoms with Crippen molar-refractivity contribution in [1.82, 2.24) is 0 Å². The molecule has 1 N–H and O–H groups in total. The Bertz CT molecular complexity index is 591. The highest BCUT2D eigenvalue weighted by Gasteiger charge is 2.05. The molecule has 0 amide bonds. The number of methoxy groups -OCH3 is 1. The number of rotatable bonds is 7. The molecule has 0 saturated carbocycles. The average molecular weight is 299 g/mol. The molecule has 0 aliphatic rings. The lowest BCUT2D eigenvalue weighted by Gasteiger charge is -2.12. The van der Waals surface area contributed by atoms with E-state index in [1.807, 2.05) is 19.1 Å². The van der Waals surface area contributed by atoms with Gasteiger partial charge >= 0.3 is 0 Å². The number of hydrogen-bond acceptors (Lipinski definition) is 3. The van der Waals surface area contributed by atoms with Crippen molar-refractivity contribution in [2.75, 3.05) is 19.0 Å². The van der Waals surface area contributed by atoms with Gasteiger partial charge in [0.05, 0.1) is 13.7 Å². The maximum Gasteiger partial charge on any atom is 0.161 e. The van der Waals surface area contributed by atoms with Crippen molar-refractivity contribution in [2.24, 2.45) is 0 Å². The summed E-state index contributed by atoms with van der Waals surface area (Å²) in [4.78, 5) is 0. The molecule has 0 unspecified atom stereocenters. The van der Waals surface area contributed by atoms with Crippen LogP contribution in [-0.4, -0.2) is 13.7 Å². The van der Waals surface area contributed by atoms with Gasteiger partial charge in [-0.25, -0.2) is 0 Å². The molecule has 0 radical (unpaired) electrons. The standard InChI is InChI=1S/C19H25NO2/c1-5-22-18-11-6-15(12-19(18)21-4)13-20-17-9-7-16(8-10-17)14(2)3/h6-12,14,20H,5,13H2,1-4H3. The maximum absolute atomic E-state index is 5.54. The third-order valence-corrected chi connectivity index (χ3v) is 3.60. The second kappa shape index (κ2) is 7.74. The highest BCUT2D eigenvalue weighted by Crippen LogP contribution is 2.28. The first kappa shape index (κ1) is 16.2. The Morgan fingerprint density at radius 1 is 1.00 bits per heavy atom. The first-order valence-electron chi connectivity index (χ1n) is 7.77. The summed E-state index contributed by atoms with van der Waals surface area (Å²) >= 11 is 0. The zero-order chi connectivity index (χ0) is 15.9. The lowest BCUT2D eigenvalue weighted by atomic mass is 10.0. The van der Waals surface area contributed by atoms with Crippen LogP contribution in [-0.2, 0) is 6.54 Å². The topological polar surface area (TPSA) is 30.5 Å². The quantitative estimate of drug-likeness (QED) is 0.794. The van der Waals surface area contributed by atoms with E-state index in [1.54, 1.807) is 7.11 Å². The summed E-state index contributed by atoms with van der Waals surface area (Å²) < 4.78 is 10.9. The van der Waals surface area contributed by atoms with Crippen molar-refractivity contribution < 1.29 is 9.47 Å². The molecule has 2 aromatic rings. The molecule has 22 heavy (non-hydrogen) atoms. The fourth-order valence-corrected chi connectivity index (χ4v) is 2.29. The van der Waals surface area contributed by atoms with Gasteiger partial charge in [-0.15, -0.1) is 0 Å². The Labute approximate surface area is 133 Å². The van der Waals surface area contributed by atoms with Crippen LogP contribution in [0.3, 0.4) is 0 Å². The van der Waals surface area contributed by atoms with Crippen LogP contribution in [0.4, 0.5) is 5.69 Å². The smallest absolute Gasteiger partial charge is 0.161 e. The van der Waals surface area contributed by atoms with Gasteiger partial charge in [-0.2, -0.15) is 0 Å². The normalized spacial score (nSPS) is 10.6. The molecular weight excluding hydrogens is 274 g/mol. The third-order valence-electron chi connectivity index (χ3n) is 3.60. The number of ether oxygens (including phenoxy) is 2. The fraction of sp³-hybridized carbons (Fsp3) is 0.368. The van der Waals surface area contributed by atoms with Gasteiger partial charge in [-0.3, -0.25) is 0 Å². The van der Waals surface area contributed by atoms with Gasteiger partial charge in [-0.05, 0) is 48.2 Å². The van der Waals surface area contributed by atoms with E-state index in [4.69, 9.17) is 9.47 Å². The fourth-order valence-electron chi connectivity index (χ4n) is 2.29. The molecule has 2 rings (SSSR count).